The van der Waals surface area contributed by atoms with Crippen molar-refractivity contribution in [3.8, 4) is 0 Å². The number of rotatable bonds is 0. The molecule has 0 rings (SSSR count). The Labute approximate surface area is 41.4 Å². The summed E-state index contributed by atoms with van der Waals surface area (Å²) in [5.41, 5.74) is 0. The molecule has 0 unspecified atom stereocenters. The van der Waals surface area contributed by atoms with Crippen LogP contribution in [0.3, 0.4) is 0 Å². The molecule has 2 N–H and O–H groups in total. The predicted octanol–water partition coefficient (Wildman–Crippen LogP) is 0.220. The summed E-state index contributed by atoms with van der Waals surface area (Å²) >= 11 is 0. The summed E-state index contributed by atoms with van der Waals surface area (Å²) in [5, 5.41) is 13.9. The first-order valence-electron chi connectivity index (χ1n) is 0.651. The summed E-state index contributed by atoms with van der Waals surface area (Å²) < 4.78 is 0. The number of carbonyl (C=O) groups is 1. The topological polar surface area (TPSA) is 57.5 Å². The van der Waals surface area contributed by atoms with Gasteiger partial charge >= 0.3 is 6.16 Å². The maximum absolute atomic E-state index is 8.56. The molecular formula is CH2O3Rh. The van der Waals surface area contributed by atoms with Crippen molar-refractivity contribution in [3.63, 3.8) is 0 Å². The number of hydrogen-bond donors (Lipinski definition) is 2. The molecule has 0 atom stereocenters. The second-order valence-corrected chi connectivity index (χ2v) is 0.283. The number of hydrogen-bond acceptors (Lipinski definition) is 1. The van der Waals surface area contributed by atoms with E-state index in [0.29, 0.717) is 0 Å². The number of carboxylic acid groups (broad SMARTS) is 2. The van der Waals surface area contributed by atoms with Gasteiger partial charge in [-0.2, -0.15) is 0 Å². The van der Waals surface area contributed by atoms with Crippen molar-refractivity contribution in [2.75, 3.05) is 0 Å². The van der Waals surface area contributed by atoms with E-state index in [0.717, 1.165) is 0 Å². The Morgan fingerprint density at radius 2 is 1.40 bits per heavy atom. The van der Waals surface area contributed by atoms with Crippen molar-refractivity contribution in [3.05, 3.63) is 0 Å². The van der Waals surface area contributed by atoms with E-state index in [1.807, 2.05) is 0 Å². The molecule has 4 heteroatoms. The summed E-state index contributed by atoms with van der Waals surface area (Å²) in [6.07, 6.45) is -1.83. The van der Waals surface area contributed by atoms with E-state index in [9.17, 15) is 0 Å². The van der Waals surface area contributed by atoms with E-state index in [2.05, 4.69) is 0 Å². The Bertz CT molecular complexity index is 29.9. The molecule has 0 aliphatic heterocycles. The van der Waals surface area contributed by atoms with Crippen molar-refractivity contribution < 1.29 is 34.5 Å². The van der Waals surface area contributed by atoms with Gasteiger partial charge in [0.15, 0.2) is 0 Å². The van der Waals surface area contributed by atoms with Crippen LogP contribution in [-0.2, 0) is 19.5 Å². The van der Waals surface area contributed by atoms with Gasteiger partial charge in [-0.3, -0.25) is 0 Å². The Balaban J connectivity index is 0. The van der Waals surface area contributed by atoms with E-state index in [-0.39, 0.29) is 19.5 Å². The zero-order valence-corrected chi connectivity index (χ0v) is 3.77. The first kappa shape index (κ1) is 8.86. The quantitative estimate of drug-likeness (QED) is 0.504. The van der Waals surface area contributed by atoms with Crippen LogP contribution in [0.15, 0.2) is 0 Å². The van der Waals surface area contributed by atoms with Crippen LogP contribution in [0.25, 0.3) is 0 Å². The molecule has 0 aliphatic carbocycles. The molecule has 33 valence electrons. The van der Waals surface area contributed by atoms with E-state index in [1.165, 1.54) is 0 Å². The van der Waals surface area contributed by atoms with Gasteiger partial charge in [0, 0.05) is 19.5 Å². The fourth-order valence-corrected chi connectivity index (χ4v) is 0. The largest absolute Gasteiger partial charge is 0.503 e. The van der Waals surface area contributed by atoms with E-state index >= 15 is 0 Å². The standard InChI is InChI=1S/CH2O3.Rh/c2-1(3)4;/h(H2,2,3,4);. The molecule has 0 bridgehead atoms. The van der Waals surface area contributed by atoms with E-state index in [4.69, 9.17) is 15.0 Å². The van der Waals surface area contributed by atoms with Gasteiger partial charge in [0.2, 0.25) is 0 Å². The van der Waals surface area contributed by atoms with Crippen molar-refractivity contribution >= 4 is 6.16 Å². The molecule has 1 radical (unpaired) electrons. The van der Waals surface area contributed by atoms with Gasteiger partial charge in [0.1, 0.15) is 0 Å². The first-order valence-corrected chi connectivity index (χ1v) is 0.651. The third-order valence-electron chi connectivity index (χ3n) is 0. The molecule has 0 aromatic carbocycles. The maximum atomic E-state index is 8.56. The van der Waals surface area contributed by atoms with Crippen LogP contribution >= 0.6 is 0 Å². The molecule has 0 saturated carbocycles. The van der Waals surface area contributed by atoms with Gasteiger partial charge < -0.3 is 10.2 Å². The van der Waals surface area contributed by atoms with Crippen LogP contribution in [0.5, 0.6) is 0 Å². The minimum Gasteiger partial charge on any atom is -0.450 e. The summed E-state index contributed by atoms with van der Waals surface area (Å²) in [7, 11) is 0. The van der Waals surface area contributed by atoms with Gasteiger partial charge in [0.25, 0.3) is 0 Å². The molecule has 5 heavy (non-hydrogen) atoms. The SMILES string of the molecule is O=C(O)O.[Rh]. The van der Waals surface area contributed by atoms with Crippen LogP contribution in [0.2, 0.25) is 0 Å². The smallest absolute Gasteiger partial charge is 0.450 e. The normalized spacial score (nSPS) is 4.80. The molecular weight excluding hydrogens is 163 g/mol. The minimum absolute atomic E-state index is 0. The minimum atomic E-state index is -1.83. The van der Waals surface area contributed by atoms with Crippen LogP contribution in [0, 0.1) is 0 Å². The van der Waals surface area contributed by atoms with E-state index in [1.54, 1.807) is 0 Å². The fraction of sp³-hybridized carbons (Fsp3) is 0. The van der Waals surface area contributed by atoms with Crippen molar-refractivity contribution in [1.29, 1.82) is 0 Å². The Morgan fingerprint density at radius 1 is 1.40 bits per heavy atom. The van der Waals surface area contributed by atoms with Crippen molar-refractivity contribution in [1.82, 2.24) is 0 Å². The van der Waals surface area contributed by atoms with Gasteiger partial charge in [-0.25, -0.2) is 4.79 Å². The Kier molecular flexibility index (Phi) is 6.90. The summed E-state index contributed by atoms with van der Waals surface area (Å²) in [6, 6.07) is 0. The van der Waals surface area contributed by atoms with Gasteiger partial charge in [-0.15, -0.1) is 0 Å². The van der Waals surface area contributed by atoms with Crippen LogP contribution < -0.4 is 0 Å². The second-order valence-electron chi connectivity index (χ2n) is 0.283. The average Bonchev–Trinajstić information content (AvgIpc) is 0.811. The van der Waals surface area contributed by atoms with E-state index < -0.39 is 6.16 Å². The molecule has 0 aromatic heterocycles. The van der Waals surface area contributed by atoms with Crippen LogP contribution in [0.1, 0.15) is 0 Å². The van der Waals surface area contributed by atoms with Crippen LogP contribution in [-0.4, -0.2) is 16.4 Å². The summed E-state index contributed by atoms with van der Waals surface area (Å²) in [5.74, 6) is 0. The van der Waals surface area contributed by atoms with Gasteiger partial charge in [-0.1, -0.05) is 0 Å². The zero-order chi connectivity index (χ0) is 3.58. The first-order chi connectivity index (χ1) is 1.73. The van der Waals surface area contributed by atoms with Crippen molar-refractivity contribution in [2.45, 2.75) is 0 Å². The monoisotopic (exact) mass is 165 g/mol. The molecule has 0 fully saturated rings. The third-order valence-corrected chi connectivity index (χ3v) is 0. The zero-order valence-electron chi connectivity index (χ0n) is 2.14. The third kappa shape index (κ3) is 1230. The Hall–Kier alpha value is -0.107. The molecule has 0 spiro atoms. The Morgan fingerprint density at radius 3 is 1.40 bits per heavy atom. The second kappa shape index (κ2) is 3.89. The van der Waals surface area contributed by atoms with Crippen molar-refractivity contribution in [2.24, 2.45) is 0 Å². The molecule has 0 aromatic rings. The molecule has 0 heterocycles. The maximum Gasteiger partial charge on any atom is 0.503 e. The fourth-order valence-electron chi connectivity index (χ4n) is 0. The van der Waals surface area contributed by atoms with Gasteiger partial charge in [0.05, 0.1) is 0 Å². The molecule has 0 saturated heterocycles. The molecule has 3 nitrogen and oxygen atoms in total. The van der Waals surface area contributed by atoms with Gasteiger partial charge in [-0.05, 0) is 0 Å². The average molecular weight is 165 g/mol. The molecule has 0 amide bonds. The predicted molar refractivity (Wildman–Crippen MR) is 10.7 cm³/mol. The summed E-state index contributed by atoms with van der Waals surface area (Å²) in [6.45, 7) is 0. The molecule has 0 aliphatic rings. The summed E-state index contributed by atoms with van der Waals surface area (Å²) in [4.78, 5) is 8.56. The van der Waals surface area contributed by atoms with Crippen LogP contribution in [0.4, 0.5) is 4.79 Å².